The van der Waals surface area contributed by atoms with Gasteiger partial charge in [0.25, 0.3) is 5.89 Å². The fourth-order valence-corrected chi connectivity index (χ4v) is 1.90. The quantitative estimate of drug-likeness (QED) is 0.721. The van der Waals surface area contributed by atoms with Crippen LogP contribution in [0.15, 0.2) is 47.0 Å². The Bertz CT molecular complexity index is 852. The van der Waals surface area contributed by atoms with Crippen LogP contribution in [0, 0.1) is 23.0 Å². The highest BCUT2D eigenvalue weighted by atomic mass is 19.1. The zero-order valence-corrected chi connectivity index (χ0v) is 10.5. The lowest BCUT2D eigenvalue weighted by molar-refractivity contribution is 0.431. The number of halogens is 2. The molecule has 2 aromatic carbocycles. The second-order valence-corrected chi connectivity index (χ2v) is 4.18. The van der Waals surface area contributed by atoms with Crippen LogP contribution in [0.25, 0.3) is 22.8 Å². The summed E-state index contributed by atoms with van der Waals surface area (Å²) in [6.07, 6.45) is 0. The first-order valence-corrected chi connectivity index (χ1v) is 5.98. The molecule has 1 aromatic heterocycles. The Morgan fingerprint density at radius 1 is 0.952 bits per heavy atom. The molecular weight excluding hydrogens is 276 g/mol. The summed E-state index contributed by atoms with van der Waals surface area (Å²) in [4.78, 5) is 4.03. The van der Waals surface area contributed by atoms with Gasteiger partial charge in [0, 0.05) is 0 Å². The van der Waals surface area contributed by atoms with E-state index in [9.17, 15) is 8.78 Å². The van der Waals surface area contributed by atoms with Crippen molar-refractivity contribution in [1.82, 2.24) is 10.1 Å². The second-order valence-electron chi connectivity index (χ2n) is 4.18. The molecule has 0 aliphatic rings. The fraction of sp³-hybridized carbons (Fsp3) is 0. The van der Waals surface area contributed by atoms with Crippen molar-refractivity contribution in [2.45, 2.75) is 0 Å². The Balaban J connectivity index is 2.10. The number of nitrogens with zero attached hydrogens (tertiary/aromatic N) is 3. The van der Waals surface area contributed by atoms with Crippen molar-refractivity contribution in [3.05, 3.63) is 59.7 Å². The molecule has 0 amide bonds. The van der Waals surface area contributed by atoms with Crippen molar-refractivity contribution in [2.24, 2.45) is 0 Å². The molecule has 21 heavy (non-hydrogen) atoms. The SMILES string of the molecule is N#Cc1c(F)cccc1-c1nc(-c2ccccc2F)no1. The molecule has 1 heterocycles. The Hall–Kier alpha value is -3.07. The van der Waals surface area contributed by atoms with E-state index in [2.05, 4.69) is 10.1 Å². The molecule has 0 spiro atoms. The lowest BCUT2D eigenvalue weighted by Crippen LogP contribution is -1.90. The van der Waals surface area contributed by atoms with Crippen LogP contribution in [0.3, 0.4) is 0 Å². The van der Waals surface area contributed by atoms with Gasteiger partial charge < -0.3 is 4.52 Å². The molecule has 6 heteroatoms. The van der Waals surface area contributed by atoms with E-state index >= 15 is 0 Å². The van der Waals surface area contributed by atoms with Crippen molar-refractivity contribution in [3.8, 4) is 28.9 Å². The lowest BCUT2D eigenvalue weighted by Gasteiger charge is -1.98. The van der Waals surface area contributed by atoms with E-state index in [1.807, 2.05) is 0 Å². The molecule has 0 saturated heterocycles. The van der Waals surface area contributed by atoms with Crippen molar-refractivity contribution < 1.29 is 13.3 Å². The average Bonchev–Trinajstić information content (AvgIpc) is 2.97. The number of hydrogen-bond acceptors (Lipinski definition) is 4. The number of hydrogen-bond donors (Lipinski definition) is 0. The molecule has 0 saturated carbocycles. The summed E-state index contributed by atoms with van der Waals surface area (Å²) in [5, 5.41) is 12.7. The zero-order chi connectivity index (χ0) is 14.8. The number of nitriles is 1. The Morgan fingerprint density at radius 2 is 1.67 bits per heavy atom. The molecule has 4 nitrogen and oxygen atoms in total. The van der Waals surface area contributed by atoms with Gasteiger partial charge in [0.1, 0.15) is 23.3 Å². The van der Waals surface area contributed by atoms with E-state index in [1.165, 1.54) is 24.3 Å². The Morgan fingerprint density at radius 3 is 2.43 bits per heavy atom. The van der Waals surface area contributed by atoms with Crippen molar-refractivity contribution >= 4 is 0 Å². The zero-order valence-electron chi connectivity index (χ0n) is 10.5. The normalized spacial score (nSPS) is 10.3. The lowest BCUT2D eigenvalue weighted by atomic mass is 10.1. The molecule has 0 fully saturated rings. The van der Waals surface area contributed by atoms with Gasteiger partial charge in [-0.2, -0.15) is 10.2 Å². The van der Waals surface area contributed by atoms with Crippen LogP contribution in [0.2, 0.25) is 0 Å². The van der Waals surface area contributed by atoms with Crippen LogP contribution in [0.4, 0.5) is 8.78 Å². The summed E-state index contributed by atoms with van der Waals surface area (Å²) in [7, 11) is 0. The summed E-state index contributed by atoms with van der Waals surface area (Å²) in [6.45, 7) is 0. The van der Waals surface area contributed by atoms with Gasteiger partial charge in [-0.3, -0.25) is 0 Å². The van der Waals surface area contributed by atoms with Gasteiger partial charge in [0.15, 0.2) is 0 Å². The summed E-state index contributed by atoms with van der Waals surface area (Å²) in [5.74, 6) is -1.18. The molecule has 0 aliphatic carbocycles. The molecule has 0 radical (unpaired) electrons. The van der Waals surface area contributed by atoms with Gasteiger partial charge in [-0.15, -0.1) is 0 Å². The van der Waals surface area contributed by atoms with Crippen LogP contribution >= 0.6 is 0 Å². The van der Waals surface area contributed by atoms with Crippen molar-refractivity contribution in [1.29, 1.82) is 5.26 Å². The van der Waals surface area contributed by atoms with E-state index in [0.717, 1.165) is 6.07 Å². The number of rotatable bonds is 2. The molecule has 0 N–H and O–H groups in total. The van der Waals surface area contributed by atoms with Crippen LogP contribution in [-0.2, 0) is 0 Å². The van der Waals surface area contributed by atoms with Gasteiger partial charge in [-0.1, -0.05) is 23.4 Å². The highest BCUT2D eigenvalue weighted by Crippen LogP contribution is 2.27. The molecule has 0 bridgehead atoms. The standard InChI is InChI=1S/C15H7F2N3O/c16-12-6-2-1-4-10(12)14-19-15(21-20-14)9-5-3-7-13(17)11(9)8-18/h1-7H. The molecule has 3 rings (SSSR count). The maximum atomic E-state index is 13.7. The van der Waals surface area contributed by atoms with Crippen molar-refractivity contribution in [3.63, 3.8) is 0 Å². The van der Waals surface area contributed by atoms with Gasteiger partial charge in [-0.05, 0) is 24.3 Å². The number of benzene rings is 2. The highest BCUT2D eigenvalue weighted by molar-refractivity contribution is 5.65. The average molecular weight is 283 g/mol. The minimum atomic E-state index is -0.680. The van der Waals surface area contributed by atoms with E-state index in [0.29, 0.717) is 0 Å². The first-order chi connectivity index (χ1) is 10.2. The Labute approximate surface area is 118 Å². The first kappa shape index (κ1) is 12.9. The molecular formula is C15H7F2N3O. The fourth-order valence-electron chi connectivity index (χ4n) is 1.90. The predicted octanol–water partition coefficient (Wildman–Crippen LogP) is 3.55. The van der Waals surface area contributed by atoms with Crippen molar-refractivity contribution in [2.75, 3.05) is 0 Å². The summed E-state index contributed by atoms with van der Waals surface area (Å²) < 4.78 is 32.2. The van der Waals surface area contributed by atoms with Crippen LogP contribution in [-0.4, -0.2) is 10.1 Å². The van der Waals surface area contributed by atoms with E-state index in [-0.39, 0.29) is 28.4 Å². The predicted molar refractivity (Wildman–Crippen MR) is 69.8 cm³/mol. The molecule has 3 aromatic rings. The molecule has 102 valence electrons. The monoisotopic (exact) mass is 283 g/mol. The Kier molecular flexibility index (Phi) is 3.16. The smallest absolute Gasteiger partial charge is 0.259 e. The summed E-state index contributed by atoms with van der Waals surface area (Å²) in [5.41, 5.74) is 0.149. The number of aromatic nitrogens is 2. The van der Waals surface area contributed by atoms with E-state index in [1.54, 1.807) is 18.2 Å². The third-order valence-electron chi connectivity index (χ3n) is 2.90. The molecule has 0 atom stereocenters. The minimum absolute atomic E-state index is 0.0377. The largest absolute Gasteiger partial charge is 0.334 e. The van der Waals surface area contributed by atoms with E-state index in [4.69, 9.17) is 9.78 Å². The van der Waals surface area contributed by atoms with Crippen LogP contribution in [0.1, 0.15) is 5.56 Å². The third-order valence-corrected chi connectivity index (χ3v) is 2.90. The van der Waals surface area contributed by atoms with Gasteiger partial charge in [-0.25, -0.2) is 8.78 Å². The van der Waals surface area contributed by atoms with E-state index < -0.39 is 11.6 Å². The van der Waals surface area contributed by atoms with Gasteiger partial charge >= 0.3 is 0 Å². The van der Waals surface area contributed by atoms with Gasteiger partial charge in [0.2, 0.25) is 5.82 Å². The topological polar surface area (TPSA) is 62.7 Å². The molecule has 0 aliphatic heterocycles. The molecule has 0 unspecified atom stereocenters. The van der Waals surface area contributed by atoms with Crippen LogP contribution in [0.5, 0.6) is 0 Å². The van der Waals surface area contributed by atoms with Gasteiger partial charge in [0.05, 0.1) is 11.1 Å². The summed E-state index contributed by atoms with van der Waals surface area (Å²) >= 11 is 0. The third kappa shape index (κ3) is 2.25. The minimum Gasteiger partial charge on any atom is -0.334 e. The maximum absolute atomic E-state index is 13.7. The maximum Gasteiger partial charge on any atom is 0.259 e. The van der Waals surface area contributed by atoms with Crippen LogP contribution < -0.4 is 0 Å². The first-order valence-electron chi connectivity index (χ1n) is 5.98. The summed E-state index contributed by atoms with van der Waals surface area (Å²) in [6, 6.07) is 11.8. The highest BCUT2D eigenvalue weighted by Gasteiger charge is 2.17. The second kappa shape index (κ2) is 5.13.